The predicted octanol–water partition coefficient (Wildman–Crippen LogP) is 0.173. The molecule has 0 spiro atoms. The topological polar surface area (TPSA) is 73.5 Å². The SMILES string of the molecule is CCCCN=C1NC(=NC)C2N=CN=C2N1. The molecule has 2 rings (SSSR count). The summed E-state index contributed by atoms with van der Waals surface area (Å²) in [5, 5.41) is 6.25. The minimum absolute atomic E-state index is 0.102. The Balaban J connectivity index is 2.07. The van der Waals surface area contributed by atoms with Crippen LogP contribution in [0.3, 0.4) is 0 Å². The lowest BCUT2D eigenvalue weighted by molar-refractivity contribution is 0.799. The molecule has 2 heterocycles. The van der Waals surface area contributed by atoms with Crippen LogP contribution in [0, 0.1) is 0 Å². The van der Waals surface area contributed by atoms with Crippen molar-refractivity contribution >= 4 is 24.0 Å². The molecular weight excluding hydrogens is 204 g/mol. The fourth-order valence-corrected chi connectivity index (χ4v) is 1.55. The summed E-state index contributed by atoms with van der Waals surface area (Å²) in [6, 6.07) is -0.102. The zero-order chi connectivity index (χ0) is 11.4. The zero-order valence-corrected chi connectivity index (χ0v) is 9.56. The summed E-state index contributed by atoms with van der Waals surface area (Å²) in [6.45, 7) is 2.95. The number of amidine groups is 2. The van der Waals surface area contributed by atoms with Gasteiger partial charge in [0.1, 0.15) is 18.0 Å². The van der Waals surface area contributed by atoms with Crippen molar-refractivity contribution in [3.05, 3.63) is 0 Å². The van der Waals surface area contributed by atoms with Gasteiger partial charge in [0.2, 0.25) is 5.96 Å². The Morgan fingerprint density at radius 1 is 1.44 bits per heavy atom. The predicted molar refractivity (Wildman–Crippen MR) is 66.6 cm³/mol. The Morgan fingerprint density at radius 3 is 3.06 bits per heavy atom. The summed E-state index contributed by atoms with van der Waals surface area (Å²) >= 11 is 0. The molecule has 0 amide bonds. The molecule has 0 saturated carbocycles. The van der Waals surface area contributed by atoms with Gasteiger partial charge in [-0.2, -0.15) is 0 Å². The third-order valence-electron chi connectivity index (χ3n) is 2.45. The van der Waals surface area contributed by atoms with E-state index >= 15 is 0 Å². The summed E-state index contributed by atoms with van der Waals surface area (Å²) in [5.41, 5.74) is 0. The van der Waals surface area contributed by atoms with Gasteiger partial charge in [0.25, 0.3) is 0 Å². The maximum Gasteiger partial charge on any atom is 0.202 e. The van der Waals surface area contributed by atoms with Crippen LogP contribution in [0.25, 0.3) is 0 Å². The second kappa shape index (κ2) is 4.87. The molecular formula is C10H16N6. The van der Waals surface area contributed by atoms with Crippen LogP contribution in [0.5, 0.6) is 0 Å². The van der Waals surface area contributed by atoms with E-state index in [2.05, 4.69) is 37.5 Å². The molecule has 1 saturated heterocycles. The summed E-state index contributed by atoms with van der Waals surface area (Å²) < 4.78 is 0. The molecule has 0 aliphatic carbocycles. The van der Waals surface area contributed by atoms with E-state index in [1.807, 2.05) is 0 Å². The van der Waals surface area contributed by atoms with Crippen molar-refractivity contribution in [1.29, 1.82) is 0 Å². The second-order valence-corrected chi connectivity index (χ2v) is 3.62. The van der Waals surface area contributed by atoms with Gasteiger partial charge in [-0.25, -0.2) is 4.99 Å². The molecule has 6 heteroatoms. The van der Waals surface area contributed by atoms with Gasteiger partial charge in [-0.3, -0.25) is 15.0 Å². The average Bonchev–Trinajstić information content (AvgIpc) is 2.76. The van der Waals surface area contributed by atoms with E-state index in [1.54, 1.807) is 13.4 Å². The molecule has 2 aliphatic rings. The first-order valence-electron chi connectivity index (χ1n) is 5.49. The van der Waals surface area contributed by atoms with E-state index in [0.717, 1.165) is 37.0 Å². The molecule has 0 aromatic carbocycles. The number of aliphatic imine (C=N–C) groups is 4. The molecule has 1 fully saturated rings. The number of fused-ring (bicyclic) bond motifs is 1. The highest BCUT2D eigenvalue weighted by Crippen LogP contribution is 2.05. The van der Waals surface area contributed by atoms with Crippen molar-refractivity contribution < 1.29 is 0 Å². The third-order valence-corrected chi connectivity index (χ3v) is 2.45. The minimum atomic E-state index is -0.102. The maximum absolute atomic E-state index is 4.41. The smallest absolute Gasteiger partial charge is 0.202 e. The van der Waals surface area contributed by atoms with Gasteiger partial charge in [-0.15, -0.1) is 0 Å². The van der Waals surface area contributed by atoms with Crippen LogP contribution < -0.4 is 10.6 Å². The molecule has 1 atom stereocenters. The highest BCUT2D eigenvalue weighted by atomic mass is 15.3. The monoisotopic (exact) mass is 220 g/mol. The number of nitrogens with one attached hydrogen (secondary N) is 2. The Morgan fingerprint density at radius 2 is 2.31 bits per heavy atom. The van der Waals surface area contributed by atoms with Crippen LogP contribution in [0.1, 0.15) is 19.8 Å². The second-order valence-electron chi connectivity index (χ2n) is 3.62. The molecule has 2 N–H and O–H groups in total. The van der Waals surface area contributed by atoms with Gasteiger partial charge in [-0.1, -0.05) is 13.3 Å². The van der Waals surface area contributed by atoms with Crippen molar-refractivity contribution in [2.75, 3.05) is 13.6 Å². The highest BCUT2D eigenvalue weighted by molar-refractivity contribution is 6.26. The quantitative estimate of drug-likeness (QED) is 0.665. The van der Waals surface area contributed by atoms with E-state index in [4.69, 9.17) is 0 Å². The van der Waals surface area contributed by atoms with E-state index in [0.29, 0.717) is 0 Å². The first-order valence-corrected chi connectivity index (χ1v) is 5.49. The van der Waals surface area contributed by atoms with Crippen LogP contribution in [-0.4, -0.2) is 43.6 Å². The first-order chi connectivity index (χ1) is 7.85. The largest absolute Gasteiger partial charge is 0.312 e. The molecule has 86 valence electrons. The van der Waals surface area contributed by atoms with Crippen LogP contribution in [0.15, 0.2) is 20.0 Å². The van der Waals surface area contributed by atoms with Crippen molar-refractivity contribution in [3.63, 3.8) is 0 Å². The van der Waals surface area contributed by atoms with Gasteiger partial charge in [-0.05, 0) is 6.42 Å². The number of hydrogen-bond acceptors (Lipinski definition) is 4. The van der Waals surface area contributed by atoms with Crippen LogP contribution in [-0.2, 0) is 0 Å². The lowest BCUT2D eigenvalue weighted by Crippen LogP contribution is -2.58. The normalized spacial score (nSPS) is 27.6. The van der Waals surface area contributed by atoms with Crippen molar-refractivity contribution in [1.82, 2.24) is 10.6 Å². The van der Waals surface area contributed by atoms with Crippen LogP contribution in [0.4, 0.5) is 0 Å². The average molecular weight is 220 g/mol. The van der Waals surface area contributed by atoms with Gasteiger partial charge >= 0.3 is 0 Å². The van der Waals surface area contributed by atoms with Crippen LogP contribution >= 0.6 is 0 Å². The Hall–Kier alpha value is -1.72. The molecule has 6 nitrogen and oxygen atoms in total. The molecule has 0 aromatic rings. The Kier molecular flexibility index (Phi) is 3.28. The number of hydrogen-bond donors (Lipinski definition) is 2. The number of guanidine groups is 1. The zero-order valence-electron chi connectivity index (χ0n) is 9.56. The van der Waals surface area contributed by atoms with Gasteiger partial charge in [0.15, 0.2) is 6.04 Å². The molecule has 0 aromatic heterocycles. The number of unbranched alkanes of at least 4 members (excludes halogenated alkanes) is 1. The summed E-state index contributed by atoms with van der Waals surface area (Å²) in [6.07, 6.45) is 3.77. The molecule has 2 aliphatic heterocycles. The lowest BCUT2D eigenvalue weighted by atomic mass is 10.2. The van der Waals surface area contributed by atoms with Crippen LogP contribution in [0.2, 0.25) is 0 Å². The van der Waals surface area contributed by atoms with E-state index in [-0.39, 0.29) is 6.04 Å². The van der Waals surface area contributed by atoms with Gasteiger partial charge < -0.3 is 10.6 Å². The minimum Gasteiger partial charge on any atom is -0.312 e. The fourth-order valence-electron chi connectivity index (χ4n) is 1.55. The van der Waals surface area contributed by atoms with Gasteiger partial charge in [0, 0.05) is 13.6 Å². The summed E-state index contributed by atoms with van der Waals surface area (Å²) in [5.74, 6) is 2.31. The molecule has 1 unspecified atom stereocenters. The van der Waals surface area contributed by atoms with E-state index < -0.39 is 0 Å². The third kappa shape index (κ3) is 2.10. The Bertz CT molecular complexity index is 379. The fraction of sp³-hybridized carbons (Fsp3) is 0.600. The van der Waals surface area contributed by atoms with Crippen molar-refractivity contribution in [2.45, 2.75) is 25.8 Å². The number of rotatable bonds is 3. The highest BCUT2D eigenvalue weighted by Gasteiger charge is 2.30. The molecule has 0 bridgehead atoms. The van der Waals surface area contributed by atoms with Gasteiger partial charge in [0.05, 0.1) is 0 Å². The molecule has 16 heavy (non-hydrogen) atoms. The van der Waals surface area contributed by atoms with E-state index in [9.17, 15) is 0 Å². The molecule has 0 radical (unpaired) electrons. The summed E-state index contributed by atoms with van der Waals surface area (Å²) in [4.78, 5) is 16.9. The van der Waals surface area contributed by atoms with E-state index in [1.165, 1.54) is 0 Å². The Labute approximate surface area is 94.7 Å². The lowest BCUT2D eigenvalue weighted by Gasteiger charge is -2.24. The summed E-state index contributed by atoms with van der Waals surface area (Å²) in [7, 11) is 1.74. The first kappa shape index (κ1) is 10.8. The van der Waals surface area contributed by atoms with Crippen molar-refractivity contribution in [3.8, 4) is 0 Å². The number of nitrogens with zero attached hydrogens (tertiary/aromatic N) is 4. The van der Waals surface area contributed by atoms with Crippen molar-refractivity contribution in [2.24, 2.45) is 20.0 Å². The standard InChI is InChI=1S/C10H16N6/c1-3-4-5-12-10-15-8(11-2)7-9(16-10)14-6-13-7/h6-7H,3-5H2,1-2H3,(H2,11,12,13,14,15,16). The maximum atomic E-state index is 4.41.